The van der Waals surface area contributed by atoms with Crippen molar-refractivity contribution in [3.8, 4) is 22.9 Å². The molecule has 0 radical (unpaired) electrons. The van der Waals surface area contributed by atoms with Crippen molar-refractivity contribution in [2.24, 2.45) is 5.73 Å². The maximum atomic E-state index is 13.8. The number of nitrogens with zero attached hydrogens (tertiary/aromatic N) is 6. The van der Waals surface area contributed by atoms with Gasteiger partial charge in [-0.3, -0.25) is 4.79 Å². The van der Waals surface area contributed by atoms with Crippen molar-refractivity contribution >= 4 is 44.5 Å². The number of anilines is 3. The van der Waals surface area contributed by atoms with Crippen molar-refractivity contribution in [3.05, 3.63) is 66.7 Å². The summed E-state index contributed by atoms with van der Waals surface area (Å²) >= 11 is 0. The molecule has 1 unspecified atom stereocenters. The molecule has 15 heteroatoms. The normalized spacial score (nSPS) is 14.9. The van der Waals surface area contributed by atoms with Gasteiger partial charge in [0.25, 0.3) is 10.0 Å². The fraction of sp³-hybridized carbons (Fsp3) is 0.267. The zero-order valence-corrected chi connectivity index (χ0v) is 25.9. The van der Waals surface area contributed by atoms with Gasteiger partial charge >= 0.3 is 0 Å². The Morgan fingerprint density at radius 2 is 1.73 bits per heavy atom. The number of benzene rings is 2. The number of aromatic nitrogens is 5. The number of aryl methyl sites for hydroxylation is 1. The molecule has 3 aromatic heterocycles. The highest BCUT2D eigenvalue weighted by Gasteiger charge is 2.33. The average molecular weight is 633 g/mol. The SMILES string of the molecule is COc1cc(-n2cnc(Nc3nc(N4CCCC4C(N)=O)c4ccn(S(=O)(=O)c5ccc(C)cc5)c4n3)c2)cc(OC)c1OC. The zero-order chi connectivity index (χ0) is 31.9. The number of carbonyl (C=O) groups is 1. The van der Waals surface area contributed by atoms with E-state index in [-0.39, 0.29) is 16.5 Å². The second-order valence-corrected chi connectivity index (χ2v) is 12.3. The van der Waals surface area contributed by atoms with Gasteiger partial charge in [0.05, 0.1) is 43.5 Å². The third-order valence-corrected chi connectivity index (χ3v) is 9.37. The summed E-state index contributed by atoms with van der Waals surface area (Å²) in [5, 5.41) is 3.56. The van der Waals surface area contributed by atoms with Gasteiger partial charge in [0, 0.05) is 24.9 Å². The van der Waals surface area contributed by atoms with E-state index in [0.717, 1.165) is 16.0 Å². The van der Waals surface area contributed by atoms with Crippen LogP contribution in [-0.4, -0.2) is 71.7 Å². The topological polar surface area (TPSA) is 169 Å². The molecule has 0 aliphatic carbocycles. The predicted octanol–water partition coefficient (Wildman–Crippen LogP) is 3.39. The van der Waals surface area contributed by atoms with Crippen molar-refractivity contribution in [1.29, 1.82) is 0 Å². The highest BCUT2D eigenvalue weighted by Crippen LogP contribution is 2.39. The number of fused-ring (bicyclic) bond motifs is 1. The fourth-order valence-corrected chi connectivity index (χ4v) is 6.74. The highest BCUT2D eigenvalue weighted by molar-refractivity contribution is 7.90. The van der Waals surface area contributed by atoms with Gasteiger partial charge in [0.1, 0.15) is 18.2 Å². The Labute approximate surface area is 259 Å². The minimum atomic E-state index is -4.01. The molecule has 234 valence electrons. The summed E-state index contributed by atoms with van der Waals surface area (Å²) in [6.45, 7) is 2.40. The molecule has 14 nitrogen and oxygen atoms in total. The van der Waals surface area contributed by atoms with E-state index in [9.17, 15) is 13.2 Å². The molecule has 1 amide bonds. The quantitative estimate of drug-likeness (QED) is 0.231. The van der Waals surface area contributed by atoms with E-state index in [1.807, 2.05) is 6.92 Å². The molecule has 2 aromatic carbocycles. The van der Waals surface area contributed by atoms with Crippen LogP contribution in [0.25, 0.3) is 16.7 Å². The number of ether oxygens (including phenoxy) is 3. The summed E-state index contributed by atoms with van der Waals surface area (Å²) in [6.07, 6.45) is 6.01. The minimum absolute atomic E-state index is 0.0850. The lowest BCUT2D eigenvalue weighted by Gasteiger charge is -2.24. The summed E-state index contributed by atoms with van der Waals surface area (Å²) < 4.78 is 46.7. The zero-order valence-electron chi connectivity index (χ0n) is 25.1. The molecule has 1 atom stereocenters. The summed E-state index contributed by atoms with van der Waals surface area (Å²) in [7, 11) is 0.579. The van der Waals surface area contributed by atoms with Crippen LogP contribution in [0.2, 0.25) is 0 Å². The third-order valence-electron chi connectivity index (χ3n) is 7.69. The molecule has 1 saturated heterocycles. The second-order valence-electron chi connectivity index (χ2n) is 10.5. The van der Waals surface area contributed by atoms with E-state index >= 15 is 0 Å². The van der Waals surface area contributed by atoms with Crippen molar-refractivity contribution in [2.75, 3.05) is 38.1 Å². The number of carbonyl (C=O) groups excluding carboxylic acids is 1. The summed E-state index contributed by atoms with van der Waals surface area (Å²) in [5.74, 6) is 1.77. The predicted molar refractivity (Wildman–Crippen MR) is 167 cm³/mol. The van der Waals surface area contributed by atoms with Crippen LogP contribution in [0, 0.1) is 6.92 Å². The van der Waals surface area contributed by atoms with E-state index in [1.165, 1.54) is 27.5 Å². The molecule has 1 fully saturated rings. The number of amides is 1. The van der Waals surface area contributed by atoms with Gasteiger partial charge in [-0.2, -0.15) is 9.97 Å². The van der Waals surface area contributed by atoms with E-state index in [2.05, 4.69) is 15.3 Å². The molecule has 3 N–H and O–H groups in total. The maximum Gasteiger partial charge on any atom is 0.269 e. The van der Waals surface area contributed by atoms with Gasteiger partial charge in [-0.1, -0.05) is 17.7 Å². The lowest BCUT2D eigenvalue weighted by molar-refractivity contribution is -0.119. The van der Waals surface area contributed by atoms with Crippen LogP contribution in [-0.2, 0) is 14.8 Å². The second kappa shape index (κ2) is 11.6. The first kappa shape index (κ1) is 29.7. The lowest BCUT2D eigenvalue weighted by Crippen LogP contribution is -2.40. The largest absolute Gasteiger partial charge is 0.493 e. The van der Waals surface area contributed by atoms with Crippen LogP contribution in [0.5, 0.6) is 17.2 Å². The monoisotopic (exact) mass is 632 g/mol. The van der Waals surface area contributed by atoms with Crippen molar-refractivity contribution in [2.45, 2.75) is 30.7 Å². The Balaban J connectivity index is 1.44. The van der Waals surface area contributed by atoms with Crippen LogP contribution in [0.4, 0.5) is 17.6 Å². The van der Waals surface area contributed by atoms with E-state index < -0.39 is 22.0 Å². The van der Waals surface area contributed by atoms with Crippen molar-refractivity contribution < 1.29 is 27.4 Å². The number of hydrogen-bond donors (Lipinski definition) is 2. The molecule has 1 aliphatic rings. The number of methoxy groups -OCH3 is 3. The Hall–Kier alpha value is -5.31. The molecule has 0 saturated carbocycles. The number of primary amides is 1. The van der Waals surface area contributed by atoms with Crippen molar-refractivity contribution in [1.82, 2.24) is 23.5 Å². The molecule has 5 aromatic rings. The highest BCUT2D eigenvalue weighted by atomic mass is 32.2. The van der Waals surface area contributed by atoms with E-state index in [1.54, 1.807) is 64.5 Å². The van der Waals surface area contributed by atoms with Gasteiger partial charge < -0.3 is 34.7 Å². The van der Waals surface area contributed by atoms with Crippen molar-refractivity contribution in [3.63, 3.8) is 0 Å². The molecular formula is C30H32N8O6S. The molecule has 4 heterocycles. The molecule has 0 spiro atoms. The number of nitrogens with two attached hydrogens (primary N) is 1. The number of nitrogens with one attached hydrogen (secondary N) is 1. The van der Waals surface area contributed by atoms with Crippen LogP contribution in [0.3, 0.4) is 0 Å². The van der Waals surface area contributed by atoms with Gasteiger partial charge in [-0.25, -0.2) is 17.4 Å². The Bertz CT molecular complexity index is 1980. The van der Waals surface area contributed by atoms with E-state index in [4.69, 9.17) is 24.9 Å². The molecule has 1 aliphatic heterocycles. The standard InChI is InChI=1S/C30H32N8O6S/c1-18-7-9-20(10-8-18)45(40,41)38-13-11-21-28(37-12-5-6-22(37)27(31)39)34-30(35-29(21)38)33-25-16-36(17-32-25)19-14-23(42-2)26(44-4)24(15-19)43-3/h7-11,13-17,22H,5-6,12H2,1-4H3,(H2,31,39)(H,33,34,35). The molecule has 6 rings (SSSR count). The Morgan fingerprint density at radius 3 is 2.38 bits per heavy atom. The number of imidazole rings is 1. The first-order valence-electron chi connectivity index (χ1n) is 14.0. The average Bonchev–Trinajstić information content (AvgIpc) is 3.80. The Morgan fingerprint density at radius 1 is 1.02 bits per heavy atom. The molecular weight excluding hydrogens is 600 g/mol. The lowest BCUT2D eigenvalue weighted by atomic mass is 10.2. The third kappa shape index (κ3) is 5.35. The summed E-state index contributed by atoms with van der Waals surface area (Å²) in [5.41, 5.74) is 7.49. The van der Waals surface area contributed by atoms with Crippen LogP contribution < -0.4 is 30.2 Å². The van der Waals surface area contributed by atoms with Crippen LogP contribution in [0.1, 0.15) is 18.4 Å². The maximum absolute atomic E-state index is 13.8. The summed E-state index contributed by atoms with van der Waals surface area (Å²) in [4.78, 5) is 28.0. The first-order chi connectivity index (χ1) is 21.6. The van der Waals surface area contributed by atoms with Gasteiger partial charge in [0.15, 0.2) is 23.0 Å². The number of hydrogen-bond acceptors (Lipinski definition) is 11. The van der Waals surface area contributed by atoms with E-state index in [0.29, 0.717) is 52.9 Å². The fourth-order valence-electron chi connectivity index (χ4n) is 5.44. The minimum Gasteiger partial charge on any atom is -0.493 e. The van der Waals surface area contributed by atoms with Gasteiger partial charge in [-0.15, -0.1) is 0 Å². The summed E-state index contributed by atoms with van der Waals surface area (Å²) in [6, 6.07) is 11.2. The van der Waals surface area contributed by atoms with Crippen LogP contribution >= 0.6 is 0 Å². The van der Waals surface area contributed by atoms with Gasteiger partial charge in [-0.05, 0) is 38.0 Å². The Kier molecular flexibility index (Phi) is 7.70. The number of rotatable bonds is 10. The van der Waals surface area contributed by atoms with Gasteiger partial charge in [0.2, 0.25) is 17.6 Å². The molecule has 45 heavy (non-hydrogen) atoms. The smallest absolute Gasteiger partial charge is 0.269 e. The van der Waals surface area contributed by atoms with Crippen LogP contribution in [0.15, 0.2) is 66.1 Å². The molecule has 0 bridgehead atoms. The first-order valence-corrected chi connectivity index (χ1v) is 15.5.